The van der Waals surface area contributed by atoms with Crippen molar-refractivity contribution in [3.8, 4) is 0 Å². The summed E-state index contributed by atoms with van der Waals surface area (Å²) in [5.41, 5.74) is 1.54. The Kier molecular flexibility index (Phi) is 6.18. The maximum atomic E-state index is 11.8. The minimum absolute atomic E-state index is 0.109. The molecular formula is C15H19ClN2O4. The molecule has 0 spiro atoms. The van der Waals surface area contributed by atoms with E-state index in [9.17, 15) is 9.59 Å². The summed E-state index contributed by atoms with van der Waals surface area (Å²) in [6, 6.07) is 5.26. The number of hydrogen-bond acceptors (Lipinski definition) is 4. The molecule has 1 fully saturated rings. The number of benzene rings is 1. The summed E-state index contributed by atoms with van der Waals surface area (Å²) in [6.45, 7) is 3.81. The van der Waals surface area contributed by atoms with Gasteiger partial charge >= 0.3 is 0 Å². The van der Waals surface area contributed by atoms with Crippen LogP contribution in [0.25, 0.3) is 0 Å². The second-order valence-corrected chi connectivity index (χ2v) is 5.41. The van der Waals surface area contributed by atoms with Gasteiger partial charge in [-0.2, -0.15) is 0 Å². The predicted octanol–water partition coefficient (Wildman–Crippen LogP) is 1.46. The highest BCUT2D eigenvalue weighted by atomic mass is 35.5. The molecule has 1 aliphatic rings. The van der Waals surface area contributed by atoms with Gasteiger partial charge in [-0.25, -0.2) is 0 Å². The first-order valence-corrected chi connectivity index (χ1v) is 7.43. The van der Waals surface area contributed by atoms with Gasteiger partial charge < -0.3 is 19.7 Å². The molecule has 1 aromatic rings. The first-order chi connectivity index (χ1) is 10.6. The number of amides is 2. The Hall–Kier alpha value is -1.63. The van der Waals surface area contributed by atoms with Crippen LogP contribution >= 0.6 is 11.6 Å². The van der Waals surface area contributed by atoms with Crippen molar-refractivity contribution in [1.82, 2.24) is 4.90 Å². The number of nitrogens with one attached hydrogen (secondary N) is 1. The predicted molar refractivity (Wildman–Crippen MR) is 83.0 cm³/mol. The van der Waals surface area contributed by atoms with Gasteiger partial charge in [0.1, 0.15) is 13.2 Å². The lowest BCUT2D eigenvalue weighted by atomic mass is 10.2. The lowest BCUT2D eigenvalue weighted by Gasteiger charge is -2.26. The molecule has 1 aliphatic heterocycles. The summed E-state index contributed by atoms with van der Waals surface area (Å²) in [6.07, 6.45) is 0. The van der Waals surface area contributed by atoms with E-state index in [0.29, 0.717) is 37.0 Å². The lowest BCUT2D eigenvalue weighted by Crippen LogP contribution is -2.42. The fourth-order valence-corrected chi connectivity index (χ4v) is 2.18. The molecule has 0 aromatic heterocycles. The quantitative estimate of drug-likeness (QED) is 0.889. The van der Waals surface area contributed by atoms with Crippen LogP contribution in [-0.2, 0) is 19.1 Å². The summed E-state index contributed by atoms with van der Waals surface area (Å²) >= 11 is 5.99. The summed E-state index contributed by atoms with van der Waals surface area (Å²) in [4.78, 5) is 25.2. The summed E-state index contributed by atoms with van der Waals surface area (Å²) in [5.74, 6) is -0.454. The van der Waals surface area contributed by atoms with Crippen LogP contribution in [0.4, 0.5) is 5.69 Å². The second-order valence-electron chi connectivity index (χ2n) is 5.00. The maximum absolute atomic E-state index is 11.8. The second kappa shape index (κ2) is 8.12. The maximum Gasteiger partial charge on any atom is 0.250 e. The monoisotopic (exact) mass is 326 g/mol. The largest absolute Gasteiger partial charge is 0.378 e. The normalized spacial score (nSPS) is 14.7. The molecule has 22 heavy (non-hydrogen) atoms. The molecule has 2 rings (SSSR count). The fraction of sp³-hybridized carbons (Fsp3) is 0.467. The van der Waals surface area contributed by atoms with Gasteiger partial charge in [-0.05, 0) is 24.6 Å². The first kappa shape index (κ1) is 16.7. The standard InChI is InChI=1S/C15H19ClN2O4/c1-11-2-3-12(8-13(11)16)17-14(19)9-22-10-15(20)18-4-6-21-7-5-18/h2-3,8H,4-7,9-10H2,1H3,(H,17,19). The number of ether oxygens (including phenoxy) is 2. The molecule has 0 unspecified atom stereocenters. The van der Waals surface area contributed by atoms with Crippen molar-refractivity contribution in [2.45, 2.75) is 6.92 Å². The van der Waals surface area contributed by atoms with Crippen LogP contribution in [0.15, 0.2) is 18.2 Å². The minimum Gasteiger partial charge on any atom is -0.378 e. The van der Waals surface area contributed by atoms with Crippen LogP contribution in [0.3, 0.4) is 0 Å². The van der Waals surface area contributed by atoms with Crippen LogP contribution in [0.1, 0.15) is 5.56 Å². The third-order valence-electron chi connectivity index (χ3n) is 3.28. The Balaban J connectivity index is 1.71. The van der Waals surface area contributed by atoms with E-state index < -0.39 is 0 Å². The Morgan fingerprint density at radius 1 is 1.32 bits per heavy atom. The molecule has 1 N–H and O–H groups in total. The molecule has 0 aliphatic carbocycles. The van der Waals surface area contributed by atoms with Crippen molar-refractivity contribution in [3.63, 3.8) is 0 Å². The molecule has 1 aromatic carbocycles. The number of aryl methyl sites for hydroxylation is 1. The number of morpholine rings is 1. The number of halogens is 1. The topological polar surface area (TPSA) is 67.9 Å². The van der Waals surface area contributed by atoms with Crippen molar-refractivity contribution < 1.29 is 19.1 Å². The summed E-state index contributed by atoms with van der Waals surface area (Å²) < 4.78 is 10.3. The summed E-state index contributed by atoms with van der Waals surface area (Å²) in [5, 5.41) is 3.25. The molecule has 0 bridgehead atoms. The number of rotatable bonds is 5. The Morgan fingerprint density at radius 3 is 2.73 bits per heavy atom. The van der Waals surface area contributed by atoms with E-state index in [0.717, 1.165) is 5.56 Å². The van der Waals surface area contributed by atoms with Crippen LogP contribution in [0.5, 0.6) is 0 Å². The van der Waals surface area contributed by atoms with E-state index in [1.54, 1.807) is 17.0 Å². The average Bonchev–Trinajstić information content (AvgIpc) is 2.51. The van der Waals surface area contributed by atoms with Gasteiger partial charge in [-0.1, -0.05) is 17.7 Å². The highest BCUT2D eigenvalue weighted by molar-refractivity contribution is 6.31. The van der Waals surface area contributed by atoms with Crippen LogP contribution in [-0.4, -0.2) is 56.2 Å². The molecule has 0 saturated carbocycles. The number of anilines is 1. The molecule has 2 amide bonds. The zero-order chi connectivity index (χ0) is 15.9. The van der Waals surface area contributed by atoms with Crippen molar-refractivity contribution >= 4 is 29.1 Å². The number of hydrogen-bond donors (Lipinski definition) is 1. The molecule has 1 saturated heterocycles. The zero-order valence-electron chi connectivity index (χ0n) is 12.4. The van der Waals surface area contributed by atoms with E-state index in [4.69, 9.17) is 21.1 Å². The lowest BCUT2D eigenvalue weighted by molar-refractivity contribution is -0.141. The highest BCUT2D eigenvalue weighted by Crippen LogP contribution is 2.19. The molecule has 0 radical (unpaired) electrons. The van der Waals surface area contributed by atoms with Gasteiger partial charge in [-0.3, -0.25) is 9.59 Å². The van der Waals surface area contributed by atoms with Gasteiger partial charge in [-0.15, -0.1) is 0 Å². The minimum atomic E-state index is -0.324. The molecule has 120 valence electrons. The van der Waals surface area contributed by atoms with Crippen molar-refractivity contribution in [2.24, 2.45) is 0 Å². The molecule has 6 nitrogen and oxygen atoms in total. The Labute approximate surface area is 134 Å². The third-order valence-corrected chi connectivity index (χ3v) is 3.69. The van der Waals surface area contributed by atoms with Gasteiger partial charge in [0, 0.05) is 23.8 Å². The highest BCUT2D eigenvalue weighted by Gasteiger charge is 2.17. The number of carbonyl (C=O) groups excluding carboxylic acids is 2. The van der Waals surface area contributed by atoms with Gasteiger partial charge in [0.05, 0.1) is 13.2 Å². The molecule has 0 atom stereocenters. The van der Waals surface area contributed by atoms with Crippen LogP contribution in [0, 0.1) is 6.92 Å². The van der Waals surface area contributed by atoms with Crippen molar-refractivity contribution in [3.05, 3.63) is 28.8 Å². The van der Waals surface area contributed by atoms with Gasteiger partial charge in [0.15, 0.2) is 0 Å². The van der Waals surface area contributed by atoms with Crippen molar-refractivity contribution in [2.75, 3.05) is 44.8 Å². The Bertz CT molecular complexity index is 544. The third kappa shape index (κ3) is 4.98. The van der Waals surface area contributed by atoms with Gasteiger partial charge in [0.25, 0.3) is 0 Å². The zero-order valence-corrected chi connectivity index (χ0v) is 13.2. The Morgan fingerprint density at radius 2 is 2.05 bits per heavy atom. The first-order valence-electron chi connectivity index (χ1n) is 7.05. The smallest absolute Gasteiger partial charge is 0.250 e. The molecule has 7 heteroatoms. The van der Waals surface area contributed by atoms with E-state index >= 15 is 0 Å². The van der Waals surface area contributed by atoms with Crippen LogP contribution in [0.2, 0.25) is 5.02 Å². The van der Waals surface area contributed by atoms with E-state index in [1.807, 2.05) is 13.0 Å². The molecule has 1 heterocycles. The van der Waals surface area contributed by atoms with Gasteiger partial charge in [0.2, 0.25) is 11.8 Å². The van der Waals surface area contributed by atoms with E-state index in [2.05, 4.69) is 5.32 Å². The fourth-order valence-electron chi connectivity index (χ4n) is 2.00. The molecular weight excluding hydrogens is 308 g/mol. The number of carbonyl (C=O) groups is 2. The van der Waals surface area contributed by atoms with Crippen LogP contribution < -0.4 is 5.32 Å². The van der Waals surface area contributed by atoms with Crippen molar-refractivity contribution in [1.29, 1.82) is 0 Å². The summed E-state index contributed by atoms with van der Waals surface area (Å²) in [7, 11) is 0. The number of nitrogens with zero attached hydrogens (tertiary/aromatic N) is 1. The SMILES string of the molecule is Cc1ccc(NC(=O)COCC(=O)N2CCOCC2)cc1Cl. The van der Waals surface area contributed by atoms with E-state index in [-0.39, 0.29) is 25.0 Å². The average molecular weight is 327 g/mol. The van der Waals surface area contributed by atoms with E-state index in [1.165, 1.54) is 0 Å².